The van der Waals surface area contributed by atoms with E-state index in [-0.39, 0.29) is 16.9 Å². The first-order valence-corrected chi connectivity index (χ1v) is 4.68. The van der Waals surface area contributed by atoms with Gasteiger partial charge in [0.15, 0.2) is 6.10 Å². The second-order valence-corrected chi connectivity index (χ2v) is 3.30. The molecule has 2 atom stereocenters. The summed E-state index contributed by atoms with van der Waals surface area (Å²) in [4.78, 5) is 11.0. The smallest absolute Gasteiger partial charge is 0.337 e. The summed E-state index contributed by atoms with van der Waals surface area (Å²) >= 11 is 0. The summed E-state index contributed by atoms with van der Waals surface area (Å²) in [6.45, 7) is 0. The van der Waals surface area contributed by atoms with E-state index in [2.05, 4.69) is 4.74 Å². The average Bonchev–Trinajstić information content (AvgIpc) is 2.35. The zero-order valence-corrected chi connectivity index (χ0v) is 8.99. The van der Waals surface area contributed by atoms with E-state index >= 15 is 0 Å². The largest absolute Gasteiger partial charge is 0.507 e. The van der Waals surface area contributed by atoms with E-state index in [0.717, 1.165) is 13.2 Å². The molecule has 0 amide bonds. The van der Waals surface area contributed by atoms with E-state index in [1.165, 1.54) is 12.1 Å². The van der Waals surface area contributed by atoms with Gasteiger partial charge in [-0.15, -0.1) is 0 Å². The van der Waals surface area contributed by atoms with Gasteiger partial charge >= 0.3 is 5.97 Å². The molecule has 0 aliphatic carbocycles. The number of carbonyl (C=O) groups is 1. The Bertz CT molecular complexity index is 465. The fourth-order valence-corrected chi connectivity index (χ4v) is 1.26. The third-order valence-electron chi connectivity index (χ3n) is 2.23. The van der Waals surface area contributed by atoms with Crippen molar-refractivity contribution in [2.45, 2.75) is 12.2 Å². The lowest BCUT2D eigenvalue weighted by Crippen LogP contribution is -2.29. The molecule has 1 aromatic rings. The van der Waals surface area contributed by atoms with E-state index in [1.807, 2.05) is 0 Å². The van der Waals surface area contributed by atoms with Crippen molar-refractivity contribution in [3.05, 3.63) is 29.3 Å². The van der Waals surface area contributed by atoms with Crippen LogP contribution >= 0.6 is 0 Å². The minimum absolute atomic E-state index is 0.0357. The number of methoxy groups -OCH3 is 1. The number of aliphatic hydroxyl groups excluding tert-OH is 2. The molecule has 0 aliphatic heterocycles. The van der Waals surface area contributed by atoms with Crippen LogP contribution in [0, 0.1) is 11.3 Å². The zero-order chi connectivity index (χ0) is 13.0. The quantitative estimate of drug-likeness (QED) is 0.629. The maximum Gasteiger partial charge on any atom is 0.337 e. The monoisotopic (exact) mass is 237 g/mol. The van der Waals surface area contributed by atoms with Crippen molar-refractivity contribution < 1.29 is 24.9 Å². The molecular formula is C11H11NO5. The van der Waals surface area contributed by atoms with Gasteiger partial charge < -0.3 is 20.1 Å². The predicted molar refractivity (Wildman–Crippen MR) is 55.8 cm³/mol. The second kappa shape index (κ2) is 5.30. The van der Waals surface area contributed by atoms with Crippen molar-refractivity contribution in [1.82, 2.24) is 0 Å². The first kappa shape index (κ1) is 13.0. The number of benzene rings is 1. The highest BCUT2D eigenvalue weighted by atomic mass is 16.5. The maximum atomic E-state index is 11.0. The highest BCUT2D eigenvalue weighted by molar-refractivity contribution is 5.75. The van der Waals surface area contributed by atoms with Gasteiger partial charge in [0.25, 0.3) is 0 Å². The van der Waals surface area contributed by atoms with E-state index < -0.39 is 18.2 Å². The summed E-state index contributed by atoms with van der Waals surface area (Å²) in [5, 5.41) is 37.0. The molecule has 17 heavy (non-hydrogen) atoms. The molecule has 0 heterocycles. The Kier molecular flexibility index (Phi) is 4.04. The van der Waals surface area contributed by atoms with E-state index in [0.29, 0.717) is 0 Å². The summed E-state index contributed by atoms with van der Waals surface area (Å²) < 4.78 is 4.27. The molecule has 6 heteroatoms. The second-order valence-electron chi connectivity index (χ2n) is 3.30. The van der Waals surface area contributed by atoms with Gasteiger partial charge in [-0.1, -0.05) is 6.07 Å². The third-order valence-corrected chi connectivity index (χ3v) is 2.23. The molecule has 6 nitrogen and oxygen atoms in total. The van der Waals surface area contributed by atoms with Crippen molar-refractivity contribution in [2.75, 3.05) is 7.11 Å². The maximum absolute atomic E-state index is 11.0. The van der Waals surface area contributed by atoms with Crippen LogP contribution in [0.3, 0.4) is 0 Å². The first-order valence-electron chi connectivity index (χ1n) is 4.68. The van der Waals surface area contributed by atoms with Gasteiger partial charge in [-0.25, -0.2) is 4.79 Å². The average molecular weight is 237 g/mol. The molecule has 0 aromatic heterocycles. The standard InChI is InChI=1S/C11H11NO5/c1-17-11(16)10(15)9(14)6-2-3-7(5-12)8(13)4-6/h2-4,9-10,13-15H,1H3. The summed E-state index contributed by atoms with van der Waals surface area (Å²) in [7, 11) is 1.08. The van der Waals surface area contributed by atoms with Crippen molar-refractivity contribution in [3.63, 3.8) is 0 Å². The number of phenols is 1. The number of nitriles is 1. The van der Waals surface area contributed by atoms with Crippen LogP contribution in [0.1, 0.15) is 17.2 Å². The van der Waals surface area contributed by atoms with Gasteiger partial charge in [-0.05, 0) is 17.7 Å². The Morgan fingerprint density at radius 1 is 1.47 bits per heavy atom. The van der Waals surface area contributed by atoms with Crippen LogP contribution in [-0.4, -0.2) is 34.5 Å². The van der Waals surface area contributed by atoms with Crippen LogP contribution < -0.4 is 0 Å². The van der Waals surface area contributed by atoms with E-state index in [9.17, 15) is 20.1 Å². The van der Waals surface area contributed by atoms with Crippen LogP contribution in [0.5, 0.6) is 5.75 Å². The number of hydrogen-bond donors (Lipinski definition) is 3. The molecule has 0 fully saturated rings. The Hall–Kier alpha value is -2.10. The predicted octanol–water partition coefficient (Wildman–Crippen LogP) is -0.169. The van der Waals surface area contributed by atoms with Gasteiger partial charge in [0, 0.05) is 0 Å². The van der Waals surface area contributed by atoms with Crippen molar-refractivity contribution in [1.29, 1.82) is 5.26 Å². The van der Waals surface area contributed by atoms with Crippen LogP contribution in [-0.2, 0) is 9.53 Å². The molecule has 0 radical (unpaired) electrons. The summed E-state index contributed by atoms with van der Waals surface area (Å²) in [6.07, 6.45) is -3.27. The molecule has 90 valence electrons. The third kappa shape index (κ3) is 2.72. The molecule has 3 N–H and O–H groups in total. The lowest BCUT2D eigenvalue weighted by atomic mass is 10.0. The zero-order valence-electron chi connectivity index (χ0n) is 8.99. The number of ether oxygens (including phenoxy) is 1. The summed E-state index contributed by atoms with van der Waals surface area (Å²) in [5.74, 6) is -1.32. The molecule has 0 spiro atoms. The van der Waals surface area contributed by atoms with Crippen molar-refractivity contribution in [2.24, 2.45) is 0 Å². The summed E-state index contributed by atoms with van der Waals surface area (Å²) in [5.41, 5.74) is 0.146. The number of esters is 1. The van der Waals surface area contributed by atoms with Crippen LogP contribution in [0.15, 0.2) is 18.2 Å². The number of carbonyl (C=O) groups excluding carboxylic acids is 1. The number of hydrogen-bond acceptors (Lipinski definition) is 6. The number of rotatable bonds is 3. The Labute approximate surface area is 97.3 Å². The normalized spacial score (nSPS) is 13.5. The molecule has 2 unspecified atom stereocenters. The SMILES string of the molecule is COC(=O)C(O)C(O)c1ccc(C#N)c(O)c1. The summed E-state index contributed by atoms with van der Waals surface area (Å²) in [6, 6.07) is 5.45. The van der Waals surface area contributed by atoms with Crippen LogP contribution in [0.2, 0.25) is 0 Å². The fraction of sp³-hybridized carbons (Fsp3) is 0.273. The minimum atomic E-state index is -1.74. The molecule has 0 saturated heterocycles. The number of phenolic OH excluding ortho intramolecular Hbond substituents is 1. The van der Waals surface area contributed by atoms with Gasteiger partial charge in [-0.3, -0.25) is 0 Å². The molecule has 0 bridgehead atoms. The van der Waals surface area contributed by atoms with Crippen LogP contribution in [0.4, 0.5) is 0 Å². The Morgan fingerprint density at radius 3 is 2.59 bits per heavy atom. The fourth-order valence-electron chi connectivity index (χ4n) is 1.26. The van der Waals surface area contributed by atoms with Crippen molar-refractivity contribution >= 4 is 5.97 Å². The number of aromatic hydroxyl groups is 1. The van der Waals surface area contributed by atoms with Gasteiger partial charge in [-0.2, -0.15) is 5.26 Å². The molecule has 0 aliphatic rings. The van der Waals surface area contributed by atoms with Gasteiger partial charge in [0.05, 0.1) is 12.7 Å². The lowest BCUT2D eigenvalue weighted by Gasteiger charge is -2.16. The van der Waals surface area contributed by atoms with Gasteiger partial charge in [0.1, 0.15) is 17.9 Å². The highest BCUT2D eigenvalue weighted by Crippen LogP contribution is 2.24. The minimum Gasteiger partial charge on any atom is -0.507 e. The molecule has 0 saturated carbocycles. The molecule has 1 aromatic carbocycles. The van der Waals surface area contributed by atoms with E-state index in [1.54, 1.807) is 6.07 Å². The van der Waals surface area contributed by atoms with Crippen LogP contribution in [0.25, 0.3) is 0 Å². The highest BCUT2D eigenvalue weighted by Gasteiger charge is 2.26. The van der Waals surface area contributed by atoms with E-state index in [4.69, 9.17) is 5.26 Å². The molecule has 1 rings (SSSR count). The number of nitrogens with zero attached hydrogens (tertiary/aromatic N) is 1. The number of aliphatic hydroxyl groups is 2. The van der Waals surface area contributed by atoms with Crippen molar-refractivity contribution in [3.8, 4) is 11.8 Å². The topological polar surface area (TPSA) is 111 Å². The lowest BCUT2D eigenvalue weighted by molar-refractivity contribution is -0.156. The first-order chi connectivity index (χ1) is 8.01. The Morgan fingerprint density at radius 2 is 2.12 bits per heavy atom. The molecular weight excluding hydrogens is 226 g/mol. The Balaban J connectivity index is 2.98. The van der Waals surface area contributed by atoms with Gasteiger partial charge in [0.2, 0.25) is 0 Å².